The van der Waals surface area contributed by atoms with Crippen molar-refractivity contribution in [2.45, 2.75) is 19.0 Å². The van der Waals surface area contributed by atoms with Gasteiger partial charge in [0.1, 0.15) is 18.3 Å². The van der Waals surface area contributed by atoms with Crippen LogP contribution in [0.2, 0.25) is 5.02 Å². The number of likely N-dealkylation sites (N-methyl/N-ethyl adjacent to an activating group) is 1. The van der Waals surface area contributed by atoms with Gasteiger partial charge in [0.25, 0.3) is 5.91 Å². The van der Waals surface area contributed by atoms with Gasteiger partial charge in [-0.1, -0.05) is 23.7 Å². The van der Waals surface area contributed by atoms with Crippen LogP contribution in [0.25, 0.3) is 0 Å². The molecule has 6 nitrogen and oxygen atoms in total. The number of carbonyl (C=O) groups excluding carboxylic acids is 1. The topological polar surface area (TPSA) is 63.4 Å². The SMILES string of the molecule is C[NH+](CC(=O)N1N=C(c2ccc(Cl)cc2)C[C@@H]1c1ccco1)Cc1ccco1. The monoisotopic (exact) mass is 398 g/mol. The van der Waals surface area contributed by atoms with Crippen molar-refractivity contribution in [1.29, 1.82) is 0 Å². The Morgan fingerprint density at radius 1 is 1.18 bits per heavy atom. The highest BCUT2D eigenvalue weighted by Gasteiger charge is 2.36. The van der Waals surface area contributed by atoms with Crippen molar-refractivity contribution in [3.63, 3.8) is 0 Å². The Balaban J connectivity index is 1.53. The molecule has 0 aliphatic carbocycles. The minimum absolute atomic E-state index is 0.0607. The number of hydrogen-bond donors (Lipinski definition) is 1. The highest BCUT2D eigenvalue weighted by molar-refractivity contribution is 6.30. The van der Waals surface area contributed by atoms with Gasteiger partial charge in [0, 0.05) is 11.4 Å². The number of rotatable bonds is 6. The first-order chi connectivity index (χ1) is 13.6. The lowest BCUT2D eigenvalue weighted by atomic mass is 10.0. The van der Waals surface area contributed by atoms with Gasteiger partial charge in [-0.3, -0.25) is 4.79 Å². The standard InChI is InChI=1S/C21H20ClN3O3/c1-24(13-17-4-2-10-27-17)14-21(26)25-19(20-5-3-11-28-20)12-18(23-25)15-6-8-16(22)9-7-15/h2-11,19H,12-14H2,1H3/p+1/t19-/m1/s1. The van der Waals surface area contributed by atoms with E-state index in [1.165, 1.54) is 0 Å². The van der Waals surface area contributed by atoms with Crippen LogP contribution in [0.5, 0.6) is 0 Å². The van der Waals surface area contributed by atoms with Crippen LogP contribution in [-0.2, 0) is 11.3 Å². The first-order valence-corrected chi connectivity index (χ1v) is 9.50. The van der Waals surface area contributed by atoms with E-state index >= 15 is 0 Å². The van der Waals surface area contributed by atoms with Crippen molar-refractivity contribution >= 4 is 23.2 Å². The molecule has 0 spiro atoms. The van der Waals surface area contributed by atoms with E-state index in [1.54, 1.807) is 17.5 Å². The molecule has 0 saturated carbocycles. The summed E-state index contributed by atoms with van der Waals surface area (Å²) in [5.74, 6) is 1.51. The number of amides is 1. The predicted molar refractivity (Wildman–Crippen MR) is 105 cm³/mol. The molecular weight excluding hydrogens is 378 g/mol. The van der Waals surface area contributed by atoms with E-state index in [0.717, 1.165) is 27.7 Å². The normalized spacial score (nSPS) is 17.6. The average molecular weight is 399 g/mol. The molecule has 0 radical (unpaired) electrons. The van der Waals surface area contributed by atoms with Crippen LogP contribution < -0.4 is 4.90 Å². The second-order valence-electron chi connectivity index (χ2n) is 6.92. The first kappa shape index (κ1) is 18.5. The van der Waals surface area contributed by atoms with Crippen LogP contribution >= 0.6 is 11.6 Å². The molecule has 28 heavy (non-hydrogen) atoms. The second-order valence-corrected chi connectivity index (χ2v) is 7.35. The lowest BCUT2D eigenvalue weighted by molar-refractivity contribution is -0.886. The molecule has 1 unspecified atom stereocenters. The Hall–Kier alpha value is -2.83. The van der Waals surface area contributed by atoms with Crippen molar-refractivity contribution in [1.82, 2.24) is 5.01 Å². The van der Waals surface area contributed by atoms with Crippen LogP contribution in [0.3, 0.4) is 0 Å². The fourth-order valence-electron chi connectivity index (χ4n) is 3.37. The van der Waals surface area contributed by atoms with Crippen molar-refractivity contribution in [3.8, 4) is 0 Å². The summed E-state index contributed by atoms with van der Waals surface area (Å²) in [4.78, 5) is 14.0. The maximum Gasteiger partial charge on any atom is 0.298 e. The number of hydrazone groups is 1. The predicted octanol–water partition coefficient (Wildman–Crippen LogP) is 2.92. The molecule has 0 saturated heterocycles. The zero-order chi connectivity index (χ0) is 19.5. The molecule has 1 N–H and O–H groups in total. The molecule has 1 aliphatic rings. The Morgan fingerprint density at radius 2 is 1.93 bits per heavy atom. The number of benzene rings is 1. The fourth-order valence-corrected chi connectivity index (χ4v) is 3.50. The molecule has 0 fully saturated rings. The molecule has 2 atom stereocenters. The van der Waals surface area contributed by atoms with Crippen LogP contribution in [0.4, 0.5) is 0 Å². The second kappa shape index (κ2) is 8.04. The Bertz CT molecular complexity index is 949. The number of nitrogens with one attached hydrogen (secondary N) is 1. The Morgan fingerprint density at radius 3 is 2.61 bits per heavy atom. The molecule has 4 rings (SSSR count). The van der Waals surface area contributed by atoms with Crippen molar-refractivity contribution < 1.29 is 18.5 Å². The van der Waals surface area contributed by atoms with Gasteiger partial charge in [0.2, 0.25) is 0 Å². The fraction of sp³-hybridized carbons (Fsp3) is 0.238. The van der Waals surface area contributed by atoms with Gasteiger partial charge < -0.3 is 13.7 Å². The quantitative estimate of drug-likeness (QED) is 0.694. The summed E-state index contributed by atoms with van der Waals surface area (Å²) in [6, 6.07) is 14.7. The van der Waals surface area contributed by atoms with E-state index in [0.29, 0.717) is 24.5 Å². The molecule has 1 amide bonds. The average Bonchev–Trinajstić information content (AvgIpc) is 3.43. The number of quaternary nitrogens is 1. The molecule has 7 heteroatoms. The number of furan rings is 2. The van der Waals surface area contributed by atoms with Crippen LogP contribution in [0.1, 0.15) is 29.5 Å². The van der Waals surface area contributed by atoms with Gasteiger partial charge in [-0.25, -0.2) is 5.01 Å². The molecule has 0 bridgehead atoms. The summed E-state index contributed by atoms with van der Waals surface area (Å²) in [5, 5.41) is 6.85. The summed E-state index contributed by atoms with van der Waals surface area (Å²) < 4.78 is 11.0. The summed E-state index contributed by atoms with van der Waals surface area (Å²) in [7, 11) is 1.96. The lowest BCUT2D eigenvalue weighted by Crippen LogP contribution is -3.08. The Kier molecular flexibility index (Phi) is 5.32. The Labute approximate surface area is 168 Å². The molecule has 144 valence electrons. The van der Waals surface area contributed by atoms with E-state index in [9.17, 15) is 4.79 Å². The highest BCUT2D eigenvalue weighted by atomic mass is 35.5. The van der Waals surface area contributed by atoms with Crippen LogP contribution in [0.15, 0.2) is 75.0 Å². The van der Waals surface area contributed by atoms with Crippen molar-refractivity contribution in [2.75, 3.05) is 13.6 Å². The zero-order valence-electron chi connectivity index (χ0n) is 15.5. The van der Waals surface area contributed by atoms with E-state index in [-0.39, 0.29) is 11.9 Å². The van der Waals surface area contributed by atoms with Crippen molar-refractivity contribution in [3.05, 3.63) is 83.2 Å². The third-order valence-electron chi connectivity index (χ3n) is 4.72. The number of nitrogens with zero attached hydrogens (tertiary/aromatic N) is 2. The summed E-state index contributed by atoms with van der Waals surface area (Å²) in [5.41, 5.74) is 1.79. The van der Waals surface area contributed by atoms with Gasteiger partial charge in [0.05, 0.1) is 25.3 Å². The van der Waals surface area contributed by atoms with Gasteiger partial charge in [-0.05, 0) is 42.0 Å². The minimum Gasteiger partial charge on any atom is -0.467 e. The molecule has 1 aliphatic heterocycles. The van der Waals surface area contributed by atoms with Crippen molar-refractivity contribution in [2.24, 2.45) is 5.10 Å². The van der Waals surface area contributed by atoms with E-state index in [2.05, 4.69) is 5.10 Å². The number of hydrogen-bond acceptors (Lipinski definition) is 4. The summed E-state index contributed by atoms with van der Waals surface area (Å²) >= 11 is 5.99. The third kappa shape index (κ3) is 4.03. The molecule has 2 aromatic heterocycles. The van der Waals surface area contributed by atoms with Crippen LogP contribution in [0, 0.1) is 0 Å². The lowest BCUT2D eigenvalue weighted by Gasteiger charge is -2.21. The largest absolute Gasteiger partial charge is 0.467 e. The molecule has 3 aromatic rings. The van der Waals surface area contributed by atoms with Gasteiger partial charge >= 0.3 is 0 Å². The molecule has 1 aromatic carbocycles. The maximum atomic E-state index is 13.0. The van der Waals surface area contributed by atoms with E-state index in [4.69, 9.17) is 20.4 Å². The number of carbonyl (C=O) groups is 1. The van der Waals surface area contributed by atoms with Gasteiger partial charge in [0.15, 0.2) is 12.3 Å². The minimum atomic E-state index is -0.246. The number of halogens is 1. The van der Waals surface area contributed by atoms with E-state index in [1.807, 2.05) is 55.6 Å². The first-order valence-electron chi connectivity index (χ1n) is 9.12. The highest BCUT2D eigenvalue weighted by Crippen LogP contribution is 2.33. The summed E-state index contributed by atoms with van der Waals surface area (Å²) in [6.45, 7) is 0.932. The summed E-state index contributed by atoms with van der Waals surface area (Å²) in [6.07, 6.45) is 3.85. The maximum absolute atomic E-state index is 13.0. The van der Waals surface area contributed by atoms with Gasteiger partial charge in [-0.2, -0.15) is 5.10 Å². The van der Waals surface area contributed by atoms with E-state index < -0.39 is 0 Å². The smallest absolute Gasteiger partial charge is 0.298 e. The molecular formula is C21H21ClN3O3+. The van der Waals surface area contributed by atoms with Gasteiger partial charge in [-0.15, -0.1) is 0 Å². The third-order valence-corrected chi connectivity index (χ3v) is 4.98. The van der Waals surface area contributed by atoms with Crippen LogP contribution in [-0.4, -0.2) is 30.2 Å². The zero-order valence-corrected chi connectivity index (χ0v) is 16.2. The molecule has 3 heterocycles.